The van der Waals surface area contributed by atoms with E-state index in [-0.39, 0.29) is 18.2 Å². The molecular weight excluding hydrogens is 346 g/mol. The number of benzene rings is 1. The number of rotatable bonds is 4. The zero-order valence-corrected chi connectivity index (χ0v) is 15.3. The van der Waals surface area contributed by atoms with Crippen LogP contribution in [0.15, 0.2) is 18.2 Å². The first kappa shape index (κ1) is 17.5. The van der Waals surface area contributed by atoms with Gasteiger partial charge in [0.05, 0.1) is 19.6 Å². The molecule has 0 saturated heterocycles. The molecule has 142 valence electrons. The summed E-state index contributed by atoms with van der Waals surface area (Å²) in [6.07, 6.45) is 4.45. The summed E-state index contributed by atoms with van der Waals surface area (Å²) in [5.41, 5.74) is 1.43. The second-order valence-corrected chi connectivity index (χ2v) is 6.97. The smallest absolute Gasteiger partial charge is 0.228 e. The number of carbonyl (C=O) groups is 2. The molecule has 2 aliphatic rings. The number of hydrogen-bond acceptors (Lipinski definition) is 5. The maximum Gasteiger partial charge on any atom is 0.228 e. The summed E-state index contributed by atoms with van der Waals surface area (Å²) in [4.78, 5) is 24.9. The highest BCUT2D eigenvalue weighted by atomic mass is 16.5. The van der Waals surface area contributed by atoms with Crippen LogP contribution in [0.4, 0.5) is 5.69 Å². The van der Waals surface area contributed by atoms with E-state index in [0.29, 0.717) is 18.0 Å². The van der Waals surface area contributed by atoms with Gasteiger partial charge < -0.3 is 19.9 Å². The van der Waals surface area contributed by atoms with E-state index in [1.807, 2.05) is 6.07 Å². The van der Waals surface area contributed by atoms with Crippen LogP contribution in [0.5, 0.6) is 5.75 Å². The molecule has 2 N–H and O–H groups in total. The molecule has 1 unspecified atom stereocenters. The third-order valence-corrected chi connectivity index (χ3v) is 5.22. The fraction of sp³-hybridized carbons (Fsp3) is 0.474. The first-order valence-electron chi connectivity index (χ1n) is 9.32. The molecule has 8 nitrogen and oxygen atoms in total. The second kappa shape index (κ2) is 7.38. The predicted octanol–water partition coefficient (Wildman–Crippen LogP) is 1.76. The summed E-state index contributed by atoms with van der Waals surface area (Å²) in [6, 6.07) is 5.34. The Bertz CT molecular complexity index is 876. The van der Waals surface area contributed by atoms with Crippen LogP contribution in [0.1, 0.15) is 48.8 Å². The lowest BCUT2D eigenvalue weighted by Gasteiger charge is -2.25. The summed E-state index contributed by atoms with van der Waals surface area (Å²) in [5.74, 6) is 1.52. The highest BCUT2D eigenvalue weighted by Crippen LogP contribution is 2.35. The van der Waals surface area contributed by atoms with E-state index in [1.165, 1.54) is 6.42 Å². The molecular formula is C19H23N5O3. The SMILES string of the molecule is COc1ccc2c(c1)C(C(=O)NCc1nnc3n1CCCCC3)CC(=O)N2. The van der Waals surface area contributed by atoms with Gasteiger partial charge in [0, 0.05) is 25.1 Å². The topological polar surface area (TPSA) is 98.1 Å². The highest BCUT2D eigenvalue weighted by molar-refractivity contribution is 6.01. The number of anilines is 1. The van der Waals surface area contributed by atoms with Crippen molar-refractivity contribution < 1.29 is 14.3 Å². The van der Waals surface area contributed by atoms with Gasteiger partial charge in [-0.25, -0.2) is 0 Å². The van der Waals surface area contributed by atoms with Crippen molar-refractivity contribution in [1.29, 1.82) is 0 Å². The van der Waals surface area contributed by atoms with Gasteiger partial charge in [-0.3, -0.25) is 9.59 Å². The van der Waals surface area contributed by atoms with Gasteiger partial charge in [-0.15, -0.1) is 10.2 Å². The van der Waals surface area contributed by atoms with Crippen molar-refractivity contribution in [2.24, 2.45) is 0 Å². The zero-order valence-electron chi connectivity index (χ0n) is 15.3. The monoisotopic (exact) mass is 369 g/mol. The van der Waals surface area contributed by atoms with Crippen LogP contribution in [0.25, 0.3) is 0 Å². The second-order valence-electron chi connectivity index (χ2n) is 6.97. The van der Waals surface area contributed by atoms with Gasteiger partial charge in [0.2, 0.25) is 11.8 Å². The molecule has 2 amide bonds. The minimum absolute atomic E-state index is 0.115. The molecule has 0 saturated carbocycles. The lowest BCUT2D eigenvalue weighted by atomic mass is 9.89. The number of aromatic nitrogens is 3. The van der Waals surface area contributed by atoms with Crippen molar-refractivity contribution in [3.8, 4) is 5.75 Å². The summed E-state index contributed by atoms with van der Waals surface area (Å²) in [7, 11) is 1.58. The van der Waals surface area contributed by atoms with Crippen LogP contribution >= 0.6 is 0 Å². The molecule has 4 rings (SSSR count). The molecule has 1 aromatic carbocycles. The molecule has 0 fully saturated rings. The summed E-state index contributed by atoms with van der Waals surface area (Å²) in [5, 5.41) is 14.3. The Balaban J connectivity index is 1.51. The maximum atomic E-state index is 12.8. The molecule has 1 aromatic heterocycles. The average molecular weight is 369 g/mol. The number of hydrogen-bond donors (Lipinski definition) is 2. The summed E-state index contributed by atoms with van der Waals surface area (Å²) >= 11 is 0. The maximum absolute atomic E-state index is 12.8. The molecule has 0 spiro atoms. The van der Waals surface area contributed by atoms with Crippen LogP contribution in [-0.4, -0.2) is 33.7 Å². The van der Waals surface area contributed by atoms with E-state index in [1.54, 1.807) is 19.2 Å². The third-order valence-electron chi connectivity index (χ3n) is 5.22. The van der Waals surface area contributed by atoms with Crippen LogP contribution in [0.3, 0.4) is 0 Å². The normalized spacial score (nSPS) is 18.7. The molecule has 0 aliphatic carbocycles. The number of carbonyl (C=O) groups excluding carboxylic acids is 2. The zero-order chi connectivity index (χ0) is 18.8. The van der Waals surface area contributed by atoms with Gasteiger partial charge in [-0.2, -0.15) is 0 Å². The van der Waals surface area contributed by atoms with Gasteiger partial charge in [-0.1, -0.05) is 6.42 Å². The van der Waals surface area contributed by atoms with Crippen molar-refractivity contribution >= 4 is 17.5 Å². The molecule has 0 bridgehead atoms. The average Bonchev–Trinajstić information content (AvgIpc) is 2.91. The Morgan fingerprint density at radius 3 is 3.07 bits per heavy atom. The standard InChI is InChI=1S/C19H23N5O3/c1-27-12-6-7-15-13(9-12)14(10-18(25)21-15)19(26)20-11-17-23-22-16-5-3-2-4-8-24(16)17/h6-7,9,14H,2-5,8,10-11H2,1H3,(H,20,26)(H,21,25). The van der Waals surface area contributed by atoms with E-state index in [9.17, 15) is 9.59 Å². The van der Waals surface area contributed by atoms with Gasteiger partial charge in [0.25, 0.3) is 0 Å². The quantitative estimate of drug-likeness (QED) is 0.856. The van der Waals surface area contributed by atoms with Crippen LogP contribution in [0, 0.1) is 0 Å². The number of amides is 2. The number of nitrogens with zero attached hydrogens (tertiary/aromatic N) is 3. The molecule has 3 heterocycles. The third kappa shape index (κ3) is 3.51. The predicted molar refractivity (Wildman–Crippen MR) is 98.4 cm³/mol. The molecule has 0 radical (unpaired) electrons. The number of nitrogens with one attached hydrogen (secondary N) is 2. The van der Waals surface area contributed by atoms with Crippen LogP contribution in [-0.2, 0) is 29.1 Å². The number of methoxy groups -OCH3 is 1. The summed E-state index contributed by atoms with van der Waals surface area (Å²) in [6.45, 7) is 1.20. The largest absolute Gasteiger partial charge is 0.497 e. The van der Waals surface area contributed by atoms with E-state index >= 15 is 0 Å². The van der Waals surface area contributed by atoms with Gasteiger partial charge in [0.1, 0.15) is 11.6 Å². The van der Waals surface area contributed by atoms with Crippen molar-refractivity contribution in [1.82, 2.24) is 20.1 Å². The van der Waals surface area contributed by atoms with Crippen LogP contribution < -0.4 is 15.4 Å². The molecule has 27 heavy (non-hydrogen) atoms. The van der Waals surface area contributed by atoms with Gasteiger partial charge in [0.15, 0.2) is 5.82 Å². The van der Waals surface area contributed by atoms with E-state index in [4.69, 9.17) is 4.74 Å². The highest BCUT2D eigenvalue weighted by Gasteiger charge is 2.31. The Hall–Kier alpha value is -2.90. The molecule has 2 aromatic rings. The molecule has 1 atom stereocenters. The van der Waals surface area contributed by atoms with Crippen LogP contribution in [0.2, 0.25) is 0 Å². The molecule has 2 aliphatic heterocycles. The first-order valence-corrected chi connectivity index (χ1v) is 9.32. The number of fused-ring (bicyclic) bond motifs is 2. The van der Waals surface area contributed by atoms with Crippen molar-refractivity contribution in [2.75, 3.05) is 12.4 Å². The van der Waals surface area contributed by atoms with E-state index in [0.717, 1.165) is 43.0 Å². The van der Waals surface area contributed by atoms with Crippen molar-refractivity contribution in [3.05, 3.63) is 35.4 Å². The Kier molecular flexibility index (Phi) is 4.79. The fourth-order valence-electron chi connectivity index (χ4n) is 3.77. The molecule has 8 heteroatoms. The lowest BCUT2D eigenvalue weighted by molar-refractivity contribution is -0.126. The number of ether oxygens (including phenoxy) is 1. The Morgan fingerprint density at radius 2 is 2.22 bits per heavy atom. The first-order chi connectivity index (χ1) is 13.2. The van der Waals surface area contributed by atoms with E-state index in [2.05, 4.69) is 25.4 Å². The van der Waals surface area contributed by atoms with E-state index < -0.39 is 5.92 Å². The minimum atomic E-state index is -0.546. The Morgan fingerprint density at radius 1 is 1.33 bits per heavy atom. The Labute approximate surface area is 157 Å². The summed E-state index contributed by atoms with van der Waals surface area (Å²) < 4.78 is 7.37. The van der Waals surface area contributed by atoms with Gasteiger partial charge in [-0.05, 0) is 36.6 Å². The van der Waals surface area contributed by atoms with Gasteiger partial charge >= 0.3 is 0 Å². The van der Waals surface area contributed by atoms with Crippen molar-refractivity contribution in [3.63, 3.8) is 0 Å². The van der Waals surface area contributed by atoms with Crippen molar-refractivity contribution in [2.45, 2.75) is 51.1 Å². The minimum Gasteiger partial charge on any atom is -0.497 e. The number of aryl methyl sites for hydroxylation is 1. The lowest BCUT2D eigenvalue weighted by Crippen LogP contribution is -2.35. The fourth-order valence-corrected chi connectivity index (χ4v) is 3.77.